The fraction of sp³-hybridized carbons (Fsp3) is 0.278. The van der Waals surface area contributed by atoms with Gasteiger partial charge in [0.1, 0.15) is 12.4 Å². The minimum atomic E-state index is -0.348. The van der Waals surface area contributed by atoms with E-state index in [0.717, 1.165) is 11.3 Å². The second kappa shape index (κ2) is 6.20. The average molecular weight is 297 g/mol. The molecule has 0 unspecified atom stereocenters. The quantitative estimate of drug-likeness (QED) is 0.866. The topological polar surface area (TPSA) is 47.6 Å². The van der Waals surface area contributed by atoms with Gasteiger partial charge in [0.05, 0.1) is 18.7 Å². The predicted octanol–water partition coefficient (Wildman–Crippen LogP) is 3.00. The summed E-state index contributed by atoms with van der Waals surface area (Å²) in [6.07, 6.45) is 0. The van der Waals surface area contributed by atoms with Crippen LogP contribution >= 0.6 is 0 Å². The lowest BCUT2D eigenvalue weighted by Crippen LogP contribution is -2.24. The van der Waals surface area contributed by atoms with Crippen LogP contribution in [-0.2, 0) is 11.3 Å². The number of aryl methyl sites for hydroxylation is 1. The van der Waals surface area contributed by atoms with Crippen molar-refractivity contribution in [2.45, 2.75) is 19.5 Å². The van der Waals surface area contributed by atoms with Crippen LogP contribution in [0.1, 0.15) is 33.1 Å². The van der Waals surface area contributed by atoms with Crippen LogP contribution in [0.4, 0.5) is 0 Å². The molecule has 1 aliphatic rings. The molecule has 0 amide bonds. The molecule has 0 saturated carbocycles. The molecular formula is C18H19NO3. The number of nitrogens with one attached hydrogen (secondary N) is 1. The molecule has 2 aromatic carbocycles. The lowest BCUT2D eigenvalue weighted by atomic mass is 10.0. The Morgan fingerprint density at radius 2 is 2.09 bits per heavy atom. The van der Waals surface area contributed by atoms with E-state index in [-0.39, 0.29) is 12.0 Å². The molecule has 4 heteroatoms. The van der Waals surface area contributed by atoms with Crippen molar-refractivity contribution in [1.82, 2.24) is 5.32 Å². The highest BCUT2D eigenvalue weighted by atomic mass is 16.5. The first-order chi connectivity index (χ1) is 10.7. The van der Waals surface area contributed by atoms with E-state index in [4.69, 9.17) is 9.47 Å². The highest BCUT2D eigenvalue weighted by Crippen LogP contribution is 2.27. The van der Waals surface area contributed by atoms with Crippen LogP contribution in [0.2, 0.25) is 0 Å². The van der Waals surface area contributed by atoms with E-state index < -0.39 is 0 Å². The van der Waals surface area contributed by atoms with E-state index in [9.17, 15) is 4.79 Å². The number of methoxy groups -OCH3 is 1. The van der Waals surface area contributed by atoms with Gasteiger partial charge in [0.25, 0.3) is 0 Å². The molecule has 0 fully saturated rings. The number of carbonyl (C=O) groups excluding carboxylic acids is 1. The minimum Gasteiger partial charge on any atom is -0.491 e. The van der Waals surface area contributed by atoms with Gasteiger partial charge in [-0.1, -0.05) is 30.3 Å². The van der Waals surface area contributed by atoms with Crippen molar-refractivity contribution in [3.63, 3.8) is 0 Å². The first-order valence-corrected chi connectivity index (χ1v) is 7.32. The Labute approximate surface area is 130 Å². The lowest BCUT2D eigenvalue weighted by molar-refractivity contribution is 0.0600. The predicted molar refractivity (Wildman–Crippen MR) is 84.0 cm³/mol. The van der Waals surface area contributed by atoms with Crippen LogP contribution in [0, 0.1) is 6.92 Å². The van der Waals surface area contributed by atoms with E-state index >= 15 is 0 Å². The Morgan fingerprint density at radius 3 is 2.86 bits per heavy atom. The maximum absolute atomic E-state index is 11.6. The van der Waals surface area contributed by atoms with Gasteiger partial charge in [-0.15, -0.1) is 0 Å². The first kappa shape index (κ1) is 14.6. The second-order valence-corrected chi connectivity index (χ2v) is 5.42. The number of fused-ring (bicyclic) bond motifs is 1. The average Bonchev–Trinajstić information content (AvgIpc) is 2.76. The Kier molecular flexibility index (Phi) is 4.11. The number of ether oxygens (including phenoxy) is 2. The summed E-state index contributed by atoms with van der Waals surface area (Å²) >= 11 is 0. The van der Waals surface area contributed by atoms with Crippen LogP contribution in [0.25, 0.3) is 0 Å². The lowest BCUT2D eigenvalue weighted by Gasteiger charge is -2.17. The van der Waals surface area contributed by atoms with Gasteiger partial charge in [-0.05, 0) is 30.2 Å². The van der Waals surface area contributed by atoms with Gasteiger partial charge in [0, 0.05) is 12.1 Å². The molecule has 1 atom stereocenters. The van der Waals surface area contributed by atoms with E-state index in [0.29, 0.717) is 18.7 Å². The molecule has 1 N–H and O–H groups in total. The summed E-state index contributed by atoms with van der Waals surface area (Å²) in [4.78, 5) is 11.6. The van der Waals surface area contributed by atoms with Crippen LogP contribution in [0.5, 0.6) is 5.75 Å². The summed E-state index contributed by atoms with van der Waals surface area (Å²) < 4.78 is 10.7. The summed E-state index contributed by atoms with van der Waals surface area (Å²) in [5.41, 5.74) is 4.03. The van der Waals surface area contributed by atoms with E-state index in [2.05, 4.69) is 24.4 Å². The molecule has 114 valence electrons. The van der Waals surface area contributed by atoms with Crippen molar-refractivity contribution in [1.29, 1.82) is 0 Å². The second-order valence-electron chi connectivity index (χ2n) is 5.42. The summed E-state index contributed by atoms with van der Waals surface area (Å²) in [6, 6.07) is 13.9. The van der Waals surface area contributed by atoms with E-state index in [1.165, 1.54) is 18.2 Å². The largest absolute Gasteiger partial charge is 0.491 e. The molecule has 0 radical (unpaired) electrons. The monoisotopic (exact) mass is 297 g/mol. The number of esters is 1. The van der Waals surface area contributed by atoms with Gasteiger partial charge in [-0.3, -0.25) is 0 Å². The molecule has 0 spiro atoms. The number of benzene rings is 2. The zero-order valence-corrected chi connectivity index (χ0v) is 12.8. The molecule has 0 saturated heterocycles. The smallest absolute Gasteiger partial charge is 0.337 e. The van der Waals surface area contributed by atoms with Crippen molar-refractivity contribution < 1.29 is 14.3 Å². The molecule has 3 rings (SSSR count). The fourth-order valence-electron chi connectivity index (χ4n) is 2.72. The van der Waals surface area contributed by atoms with Crippen molar-refractivity contribution >= 4 is 5.97 Å². The number of hydrogen-bond acceptors (Lipinski definition) is 4. The summed E-state index contributed by atoms with van der Waals surface area (Å²) in [7, 11) is 1.38. The molecule has 4 nitrogen and oxygen atoms in total. The van der Waals surface area contributed by atoms with Crippen molar-refractivity contribution in [3.05, 3.63) is 64.7 Å². The molecule has 0 aromatic heterocycles. The van der Waals surface area contributed by atoms with Crippen LogP contribution in [-0.4, -0.2) is 19.7 Å². The SMILES string of the molecule is COC(=O)c1ccc2c(c1)OC[C@H](c1ccccc1C)NC2. The van der Waals surface area contributed by atoms with Gasteiger partial charge in [-0.25, -0.2) is 4.79 Å². The van der Waals surface area contributed by atoms with Gasteiger partial charge >= 0.3 is 5.97 Å². The van der Waals surface area contributed by atoms with Crippen molar-refractivity contribution in [2.24, 2.45) is 0 Å². The third kappa shape index (κ3) is 2.83. The molecule has 2 aromatic rings. The van der Waals surface area contributed by atoms with Crippen molar-refractivity contribution in [3.8, 4) is 5.75 Å². The Balaban J connectivity index is 1.83. The van der Waals surface area contributed by atoms with Crippen LogP contribution < -0.4 is 10.1 Å². The maximum Gasteiger partial charge on any atom is 0.337 e. The Bertz CT molecular complexity index is 696. The molecule has 0 aliphatic carbocycles. The van der Waals surface area contributed by atoms with Gasteiger partial charge < -0.3 is 14.8 Å². The first-order valence-electron chi connectivity index (χ1n) is 7.32. The number of hydrogen-bond donors (Lipinski definition) is 1. The Hall–Kier alpha value is -2.33. The molecule has 22 heavy (non-hydrogen) atoms. The molecule has 1 aliphatic heterocycles. The third-order valence-corrected chi connectivity index (χ3v) is 4.00. The van der Waals surface area contributed by atoms with Crippen LogP contribution in [0.15, 0.2) is 42.5 Å². The zero-order valence-electron chi connectivity index (χ0n) is 12.8. The zero-order chi connectivity index (χ0) is 15.5. The van der Waals surface area contributed by atoms with Crippen molar-refractivity contribution in [2.75, 3.05) is 13.7 Å². The minimum absolute atomic E-state index is 0.134. The van der Waals surface area contributed by atoms with Gasteiger partial charge in [-0.2, -0.15) is 0 Å². The van der Waals surface area contributed by atoms with Crippen LogP contribution in [0.3, 0.4) is 0 Å². The highest BCUT2D eigenvalue weighted by molar-refractivity contribution is 5.89. The summed E-state index contributed by atoms with van der Waals surface area (Å²) in [5, 5.41) is 3.52. The summed E-state index contributed by atoms with van der Waals surface area (Å²) in [6.45, 7) is 3.34. The molecular weight excluding hydrogens is 278 g/mol. The van der Waals surface area contributed by atoms with E-state index in [1.54, 1.807) is 12.1 Å². The third-order valence-electron chi connectivity index (χ3n) is 4.00. The maximum atomic E-state index is 11.6. The standard InChI is InChI=1S/C18H19NO3/c1-12-5-3-4-6-15(12)16-11-22-17-9-13(18(20)21-2)7-8-14(17)10-19-16/h3-9,16,19H,10-11H2,1-2H3/t16-/m1/s1. The normalized spacial score (nSPS) is 17.1. The number of carbonyl (C=O) groups is 1. The van der Waals surface area contributed by atoms with Gasteiger partial charge in [0.15, 0.2) is 0 Å². The fourth-order valence-corrected chi connectivity index (χ4v) is 2.72. The summed E-state index contributed by atoms with van der Waals surface area (Å²) in [5.74, 6) is 0.394. The van der Waals surface area contributed by atoms with Gasteiger partial charge in [0.2, 0.25) is 0 Å². The highest BCUT2D eigenvalue weighted by Gasteiger charge is 2.20. The number of rotatable bonds is 2. The van der Waals surface area contributed by atoms with E-state index in [1.807, 2.05) is 18.2 Å². The molecule has 1 heterocycles. The Morgan fingerprint density at radius 1 is 1.27 bits per heavy atom. The molecule has 0 bridgehead atoms.